The minimum absolute atomic E-state index is 0.272. The fourth-order valence-electron chi connectivity index (χ4n) is 1.95. The van der Waals surface area contributed by atoms with Crippen molar-refractivity contribution >= 4 is 11.9 Å². The Morgan fingerprint density at radius 2 is 1.67 bits per heavy atom. The number of nitrogens with zero attached hydrogens (tertiary/aromatic N) is 1. The largest absolute Gasteiger partial charge is 0.468 e. The Bertz CT molecular complexity index is 514. The average Bonchev–Trinajstić information content (AvgIpc) is 2.46. The van der Waals surface area contributed by atoms with E-state index in [0.29, 0.717) is 0 Å². The second-order valence-electron chi connectivity index (χ2n) is 4.20. The lowest BCUT2D eigenvalue weighted by Crippen LogP contribution is -2.35. The Morgan fingerprint density at radius 1 is 1.19 bits per heavy atom. The number of halogens is 1. The molecule has 0 unspecified atom stereocenters. The number of benzene rings is 1. The smallest absolute Gasteiger partial charge is 0.320 e. The molecular weight excluding hydrogens is 285 g/mol. The van der Waals surface area contributed by atoms with Gasteiger partial charge in [-0.2, -0.15) is 0 Å². The molecule has 0 fully saturated rings. The van der Waals surface area contributed by atoms with Gasteiger partial charge in [0.25, 0.3) is 0 Å². The van der Waals surface area contributed by atoms with E-state index in [0.717, 1.165) is 26.4 Å². The summed E-state index contributed by atoms with van der Waals surface area (Å²) in [7, 11) is 2.12. The maximum atomic E-state index is 12.9. The molecule has 0 radical (unpaired) electrons. The second-order valence-corrected chi connectivity index (χ2v) is 4.20. The van der Waals surface area contributed by atoms with Gasteiger partial charge in [0.2, 0.25) is 6.54 Å². The lowest BCUT2D eigenvalue weighted by Gasteiger charge is -2.20. The van der Waals surface area contributed by atoms with Crippen molar-refractivity contribution in [3.63, 3.8) is 0 Å². The molecule has 1 aromatic rings. The molecule has 114 valence electrons. The first kappa shape index (κ1) is 16.5. The van der Waals surface area contributed by atoms with E-state index in [-0.39, 0.29) is 5.56 Å². The van der Waals surface area contributed by atoms with Crippen LogP contribution >= 0.6 is 0 Å². The zero-order valence-corrected chi connectivity index (χ0v) is 11.4. The molecule has 0 spiro atoms. The number of rotatable bonds is 6. The molecule has 0 bridgehead atoms. The Kier molecular flexibility index (Phi) is 5.77. The van der Waals surface area contributed by atoms with E-state index in [4.69, 9.17) is 0 Å². The van der Waals surface area contributed by atoms with Crippen molar-refractivity contribution in [2.45, 2.75) is 5.92 Å². The number of hydrogen-bond donors (Lipinski definition) is 0. The van der Waals surface area contributed by atoms with Gasteiger partial charge in [0.15, 0.2) is 5.92 Å². The predicted molar refractivity (Wildman–Crippen MR) is 68.5 cm³/mol. The van der Waals surface area contributed by atoms with Gasteiger partial charge < -0.3 is 9.47 Å². The predicted octanol–water partition coefficient (Wildman–Crippen LogP) is 1.15. The zero-order chi connectivity index (χ0) is 16.0. The van der Waals surface area contributed by atoms with E-state index >= 15 is 0 Å². The van der Waals surface area contributed by atoms with Crippen LogP contribution in [0.5, 0.6) is 0 Å². The van der Waals surface area contributed by atoms with Gasteiger partial charge in [-0.25, -0.2) is 4.39 Å². The summed E-state index contributed by atoms with van der Waals surface area (Å²) in [6.07, 6.45) is 0. The summed E-state index contributed by atoms with van der Waals surface area (Å²) in [5.41, 5.74) is 0.272. The summed E-state index contributed by atoms with van der Waals surface area (Å²) in [6.45, 7) is -0.694. The van der Waals surface area contributed by atoms with Gasteiger partial charge in [-0.05, 0) is 17.7 Å². The van der Waals surface area contributed by atoms with E-state index in [2.05, 4.69) is 9.47 Å². The topological polar surface area (TPSA) is 95.7 Å². The number of ether oxygens (including phenoxy) is 2. The molecule has 0 aromatic heterocycles. The Balaban J connectivity index is 3.25. The molecule has 0 aliphatic carbocycles. The molecule has 0 aliphatic rings. The maximum absolute atomic E-state index is 12.9. The summed E-state index contributed by atoms with van der Waals surface area (Å²) < 4.78 is 22.0. The van der Waals surface area contributed by atoms with Crippen molar-refractivity contribution in [3.05, 3.63) is 45.8 Å². The molecule has 1 aromatic carbocycles. The average molecular weight is 299 g/mol. The number of esters is 2. The van der Waals surface area contributed by atoms with Gasteiger partial charge in [-0.15, -0.1) is 0 Å². The lowest BCUT2D eigenvalue weighted by molar-refractivity contribution is -0.484. The van der Waals surface area contributed by atoms with Gasteiger partial charge in [0.05, 0.1) is 20.1 Å². The van der Waals surface area contributed by atoms with Crippen molar-refractivity contribution in [1.82, 2.24) is 0 Å². The SMILES string of the molecule is COC(=O)C(C(=O)OC)[C@H](C[N+](=O)[O-])c1ccc(F)cc1. The number of carbonyl (C=O) groups excluding carboxylic acids is 2. The highest BCUT2D eigenvalue weighted by atomic mass is 19.1. The Morgan fingerprint density at radius 3 is 2.05 bits per heavy atom. The molecule has 1 atom stereocenters. The number of carbonyl (C=O) groups is 2. The normalized spacial score (nSPS) is 11.8. The molecule has 0 aliphatic heterocycles. The molecule has 0 N–H and O–H groups in total. The minimum Gasteiger partial charge on any atom is -0.468 e. The summed E-state index contributed by atoms with van der Waals surface area (Å²) in [4.78, 5) is 33.7. The van der Waals surface area contributed by atoms with Crippen LogP contribution in [0.4, 0.5) is 4.39 Å². The van der Waals surface area contributed by atoms with E-state index in [1.54, 1.807) is 0 Å². The van der Waals surface area contributed by atoms with E-state index < -0.39 is 41.1 Å². The fraction of sp³-hybridized carbons (Fsp3) is 0.385. The molecule has 8 heteroatoms. The monoisotopic (exact) mass is 299 g/mol. The van der Waals surface area contributed by atoms with Gasteiger partial charge >= 0.3 is 11.9 Å². The van der Waals surface area contributed by atoms with E-state index in [1.807, 2.05) is 0 Å². The zero-order valence-electron chi connectivity index (χ0n) is 11.4. The summed E-state index contributed by atoms with van der Waals surface area (Å²) in [5, 5.41) is 10.8. The van der Waals surface area contributed by atoms with Gasteiger partial charge in [0.1, 0.15) is 5.82 Å². The van der Waals surface area contributed by atoms with Gasteiger partial charge in [0, 0.05) is 4.92 Å². The fourth-order valence-corrected chi connectivity index (χ4v) is 1.95. The standard InChI is InChI=1S/C13H14FNO6/c1-20-12(16)11(13(17)21-2)10(7-15(18)19)8-3-5-9(14)6-4-8/h3-6,10-11H,7H2,1-2H3/t10-/m1/s1. The molecule has 7 nitrogen and oxygen atoms in total. The second kappa shape index (κ2) is 7.32. The lowest BCUT2D eigenvalue weighted by atomic mass is 9.86. The minimum atomic E-state index is -1.49. The molecule has 0 heterocycles. The van der Waals surface area contributed by atoms with Crippen LogP contribution in [0.1, 0.15) is 11.5 Å². The first-order chi connectivity index (χ1) is 9.90. The third kappa shape index (κ3) is 4.23. The van der Waals surface area contributed by atoms with E-state index in [9.17, 15) is 24.1 Å². The third-order valence-corrected chi connectivity index (χ3v) is 2.96. The van der Waals surface area contributed by atoms with E-state index in [1.165, 1.54) is 12.1 Å². The first-order valence-electron chi connectivity index (χ1n) is 5.93. The molecule has 0 amide bonds. The highest BCUT2D eigenvalue weighted by molar-refractivity contribution is 5.96. The quantitative estimate of drug-likeness (QED) is 0.338. The highest BCUT2D eigenvalue weighted by Crippen LogP contribution is 2.27. The Hall–Kier alpha value is -2.51. The molecule has 21 heavy (non-hydrogen) atoms. The summed E-state index contributed by atoms with van der Waals surface area (Å²) >= 11 is 0. The van der Waals surface area contributed by atoms with Crippen LogP contribution in [0.25, 0.3) is 0 Å². The molecule has 0 saturated heterocycles. The third-order valence-electron chi connectivity index (χ3n) is 2.96. The maximum Gasteiger partial charge on any atom is 0.320 e. The van der Waals surface area contributed by atoms with Crippen molar-refractivity contribution in [2.24, 2.45) is 5.92 Å². The van der Waals surface area contributed by atoms with Crippen LogP contribution in [-0.4, -0.2) is 37.6 Å². The van der Waals surface area contributed by atoms with Crippen molar-refractivity contribution in [1.29, 1.82) is 0 Å². The van der Waals surface area contributed by atoms with Crippen LogP contribution in [0.3, 0.4) is 0 Å². The summed E-state index contributed by atoms with van der Waals surface area (Å²) in [6, 6.07) is 4.74. The highest BCUT2D eigenvalue weighted by Gasteiger charge is 2.40. The van der Waals surface area contributed by atoms with Crippen molar-refractivity contribution in [2.75, 3.05) is 20.8 Å². The van der Waals surface area contributed by atoms with Crippen LogP contribution in [0.2, 0.25) is 0 Å². The van der Waals surface area contributed by atoms with Crippen molar-refractivity contribution in [3.8, 4) is 0 Å². The van der Waals surface area contributed by atoms with Crippen LogP contribution in [0, 0.1) is 21.8 Å². The molecule has 0 saturated carbocycles. The van der Waals surface area contributed by atoms with Gasteiger partial charge in [-0.3, -0.25) is 19.7 Å². The van der Waals surface area contributed by atoms with Crippen LogP contribution < -0.4 is 0 Å². The van der Waals surface area contributed by atoms with Gasteiger partial charge in [-0.1, -0.05) is 12.1 Å². The number of methoxy groups -OCH3 is 2. The Labute approximate surface area is 119 Å². The summed E-state index contributed by atoms with van der Waals surface area (Å²) in [5.74, 6) is -5.03. The van der Waals surface area contributed by atoms with Crippen molar-refractivity contribution < 1.29 is 28.4 Å². The first-order valence-corrected chi connectivity index (χ1v) is 5.93. The number of hydrogen-bond acceptors (Lipinski definition) is 6. The van der Waals surface area contributed by atoms with Crippen LogP contribution in [0.15, 0.2) is 24.3 Å². The van der Waals surface area contributed by atoms with Crippen LogP contribution in [-0.2, 0) is 19.1 Å². The molecule has 1 rings (SSSR count). The number of nitro groups is 1. The molecular formula is C13H14FNO6.